The highest BCUT2D eigenvalue weighted by atomic mass is 19.4. The smallest absolute Gasteiger partial charge is 0.416 e. The van der Waals surface area contributed by atoms with Gasteiger partial charge in [0, 0.05) is 17.3 Å². The third-order valence-corrected chi connectivity index (χ3v) is 4.74. The first-order valence-corrected chi connectivity index (χ1v) is 9.95. The Kier molecular flexibility index (Phi) is 7.32. The lowest BCUT2D eigenvalue weighted by molar-refractivity contribution is -0.137. The van der Waals surface area contributed by atoms with Crippen LogP contribution in [0, 0.1) is 6.92 Å². The van der Waals surface area contributed by atoms with E-state index in [1.165, 1.54) is 32.0 Å². The summed E-state index contributed by atoms with van der Waals surface area (Å²) in [6.07, 6.45) is -6.02. The van der Waals surface area contributed by atoms with E-state index in [1.54, 1.807) is 0 Å². The number of hydrogen-bond acceptors (Lipinski definition) is 6. The van der Waals surface area contributed by atoms with E-state index < -0.39 is 47.3 Å². The van der Waals surface area contributed by atoms with Gasteiger partial charge < -0.3 is 9.47 Å². The van der Waals surface area contributed by atoms with Crippen LogP contribution in [0.3, 0.4) is 0 Å². The van der Waals surface area contributed by atoms with Crippen molar-refractivity contribution >= 4 is 11.8 Å². The summed E-state index contributed by atoms with van der Waals surface area (Å²) in [6, 6.07) is 9.74. The molecular formula is C23H17F5N2O5. The molecule has 3 aromatic rings. The molecule has 0 radical (unpaired) electrons. The summed E-state index contributed by atoms with van der Waals surface area (Å²) in [5.41, 5.74) is -2.44. The molecule has 1 heterocycles. The predicted octanol–water partition coefficient (Wildman–Crippen LogP) is 4.59. The van der Waals surface area contributed by atoms with Crippen LogP contribution in [0.2, 0.25) is 0 Å². The van der Waals surface area contributed by atoms with Crippen molar-refractivity contribution in [2.24, 2.45) is 0 Å². The summed E-state index contributed by atoms with van der Waals surface area (Å²) in [7, 11) is 0. The van der Waals surface area contributed by atoms with Crippen LogP contribution in [0.25, 0.3) is 5.69 Å². The number of alkyl halides is 5. The second kappa shape index (κ2) is 10.0. The van der Waals surface area contributed by atoms with Crippen molar-refractivity contribution in [2.75, 3.05) is 0 Å². The van der Waals surface area contributed by atoms with Crippen LogP contribution in [0.4, 0.5) is 22.0 Å². The molecule has 0 amide bonds. The largest absolute Gasteiger partial charge is 0.449 e. The van der Waals surface area contributed by atoms with Crippen molar-refractivity contribution in [1.82, 2.24) is 9.78 Å². The maximum atomic E-state index is 13.1. The molecule has 2 aromatic carbocycles. The molecule has 1 unspecified atom stereocenters. The standard InChI is InChI=1S/C23H17F5N2O5/c1-12-10-18(31)19(29-30(12)16-5-3-4-15(11-16)23(26,27)28)21(33)34-13(2)20(32)14-6-8-17(9-7-14)35-22(24)25/h3-11,13,22H,1-2H3. The monoisotopic (exact) mass is 496 g/mol. The highest BCUT2D eigenvalue weighted by molar-refractivity contribution is 6.01. The molecule has 184 valence electrons. The van der Waals surface area contributed by atoms with E-state index in [2.05, 4.69) is 9.84 Å². The molecule has 0 spiro atoms. The molecule has 0 saturated heterocycles. The molecule has 0 fully saturated rings. The molecule has 1 aromatic heterocycles. The maximum Gasteiger partial charge on any atom is 0.416 e. The lowest BCUT2D eigenvalue weighted by Crippen LogP contribution is -2.29. The average molecular weight is 496 g/mol. The van der Waals surface area contributed by atoms with Gasteiger partial charge in [-0.1, -0.05) is 6.07 Å². The van der Waals surface area contributed by atoms with Crippen molar-refractivity contribution < 1.29 is 41.0 Å². The van der Waals surface area contributed by atoms with Crippen molar-refractivity contribution in [3.63, 3.8) is 0 Å². The fourth-order valence-electron chi connectivity index (χ4n) is 3.07. The Morgan fingerprint density at radius 3 is 2.29 bits per heavy atom. The van der Waals surface area contributed by atoms with Gasteiger partial charge in [-0.25, -0.2) is 9.48 Å². The van der Waals surface area contributed by atoms with Crippen LogP contribution in [-0.2, 0) is 10.9 Å². The number of nitrogens with zero attached hydrogens (tertiary/aromatic N) is 2. The number of Topliss-reactive ketones (excluding diaryl/α,β-unsaturated/α-hetero) is 1. The Bertz CT molecular complexity index is 1300. The van der Waals surface area contributed by atoms with Gasteiger partial charge in [-0.3, -0.25) is 9.59 Å². The predicted molar refractivity (Wildman–Crippen MR) is 112 cm³/mol. The number of carbonyl (C=O) groups is 2. The average Bonchev–Trinajstić information content (AvgIpc) is 2.78. The van der Waals surface area contributed by atoms with Gasteiger partial charge in [0.2, 0.25) is 16.9 Å². The number of esters is 1. The summed E-state index contributed by atoms with van der Waals surface area (Å²) < 4.78 is 73.9. The first-order valence-electron chi connectivity index (χ1n) is 9.95. The lowest BCUT2D eigenvalue weighted by atomic mass is 10.1. The summed E-state index contributed by atoms with van der Waals surface area (Å²) in [5.74, 6) is -2.15. The minimum absolute atomic E-state index is 0.0187. The highest BCUT2D eigenvalue weighted by Gasteiger charge is 2.31. The molecule has 12 heteroatoms. The number of carbonyl (C=O) groups excluding carboxylic acids is 2. The Labute approximate surface area is 194 Å². The summed E-state index contributed by atoms with van der Waals surface area (Å²) in [4.78, 5) is 37.4. The number of rotatable bonds is 7. The first-order chi connectivity index (χ1) is 16.4. The van der Waals surface area contributed by atoms with Crippen LogP contribution >= 0.6 is 0 Å². The van der Waals surface area contributed by atoms with E-state index in [0.717, 1.165) is 41.1 Å². The molecule has 0 aliphatic heterocycles. The number of halogens is 5. The SMILES string of the molecule is Cc1cc(=O)c(C(=O)OC(C)C(=O)c2ccc(OC(F)F)cc2)nn1-c1cccc(C(F)(F)F)c1. The molecule has 0 bridgehead atoms. The molecule has 0 aliphatic carbocycles. The number of aromatic nitrogens is 2. The number of benzene rings is 2. The molecule has 1 atom stereocenters. The molecule has 0 N–H and O–H groups in total. The molecule has 3 rings (SSSR count). The molecule has 35 heavy (non-hydrogen) atoms. The van der Waals surface area contributed by atoms with Gasteiger partial charge in [-0.2, -0.15) is 27.1 Å². The molecule has 0 aliphatic rings. The quantitative estimate of drug-likeness (QED) is 0.270. The molecule has 0 saturated carbocycles. The fourth-order valence-corrected chi connectivity index (χ4v) is 3.07. The van der Waals surface area contributed by atoms with Gasteiger partial charge in [-0.05, 0) is 56.3 Å². The number of hydrogen-bond donors (Lipinski definition) is 0. The summed E-state index contributed by atoms with van der Waals surface area (Å²) >= 11 is 0. The van der Waals surface area contributed by atoms with Gasteiger partial charge in [-0.15, -0.1) is 0 Å². The summed E-state index contributed by atoms with van der Waals surface area (Å²) in [6.45, 7) is -0.404. The Morgan fingerprint density at radius 2 is 1.69 bits per heavy atom. The number of ketones is 1. The zero-order valence-corrected chi connectivity index (χ0v) is 18.2. The van der Waals surface area contributed by atoms with Gasteiger partial charge in [0.05, 0.1) is 11.3 Å². The van der Waals surface area contributed by atoms with Gasteiger partial charge >= 0.3 is 18.8 Å². The zero-order valence-electron chi connectivity index (χ0n) is 18.2. The third-order valence-electron chi connectivity index (χ3n) is 4.74. The molecule has 7 nitrogen and oxygen atoms in total. The second-order valence-corrected chi connectivity index (χ2v) is 7.27. The fraction of sp³-hybridized carbons (Fsp3) is 0.217. The van der Waals surface area contributed by atoms with Crippen LogP contribution in [0.5, 0.6) is 5.75 Å². The van der Waals surface area contributed by atoms with Crippen LogP contribution in [-0.4, -0.2) is 34.2 Å². The first kappa shape index (κ1) is 25.5. The minimum atomic E-state index is -4.62. The second-order valence-electron chi connectivity index (χ2n) is 7.27. The van der Waals surface area contributed by atoms with E-state index in [1.807, 2.05) is 0 Å². The van der Waals surface area contributed by atoms with Crippen molar-refractivity contribution in [3.8, 4) is 11.4 Å². The zero-order chi connectivity index (χ0) is 25.9. The van der Waals surface area contributed by atoms with Gasteiger partial charge in [0.25, 0.3) is 0 Å². The number of aryl methyl sites for hydroxylation is 1. The topological polar surface area (TPSA) is 87.5 Å². The maximum absolute atomic E-state index is 13.1. The Morgan fingerprint density at radius 1 is 1.03 bits per heavy atom. The van der Waals surface area contributed by atoms with Crippen molar-refractivity contribution in [2.45, 2.75) is 32.7 Å². The lowest BCUT2D eigenvalue weighted by Gasteiger charge is -2.15. The highest BCUT2D eigenvalue weighted by Crippen LogP contribution is 2.30. The Balaban J connectivity index is 1.83. The van der Waals surface area contributed by atoms with E-state index in [-0.39, 0.29) is 22.7 Å². The van der Waals surface area contributed by atoms with E-state index in [0.29, 0.717) is 0 Å². The minimum Gasteiger partial charge on any atom is -0.449 e. The third kappa shape index (κ3) is 6.08. The van der Waals surface area contributed by atoms with Gasteiger partial charge in [0.1, 0.15) is 5.75 Å². The van der Waals surface area contributed by atoms with Crippen LogP contribution in [0.1, 0.15) is 39.0 Å². The Hall–Kier alpha value is -4.09. The van der Waals surface area contributed by atoms with E-state index in [4.69, 9.17) is 4.74 Å². The number of ether oxygens (including phenoxy) is 2. The van der Waals surface area contributed by atoms with Crippen molar-refractivity contribution in [1.29, 1.82) is 0 Å². The van der Waals surface area contributed by atoms with E-state index in [9.17, 15) is 36.3 Å². The van der Waals surface area contributed by atoms with Crippen LogP contribution in [0.15, 0.2) is 59.4 Å². The normalized spacial score (nSPS) is 12.3. The summed E-state index contributed by atoms with van der Waals surface area (Å²) in [5, 5.41) is 3.85. The van der Waals surface area contributed by atoms with Gasteiger partial charge in [0.15, 0.2) is 6.10 Å². The van der Waals surface area contributed by atoms with Crippen LogP contribution < -0.4 is 10.2 Å². The van der Waals surface area contributed by atoms with E-state index >= 15 is 0 Å². The van der Waals surface area contributed by atoms with Crippen molar-refractivity contribution in [3.05, 3.63) is 87.3 Å². The molecular weight excluding hydrogens is 479 g/mol.